The molecule has 1 saturated carbocycles. The van der Waals surface area contributed by atoms with Gasteiger partial charge in [-0.2, -0.15) is 0 Å². The minimum absolute atomic E-state index is 0.0169. The number of methoxy groups -OCH3 is 1. The molecular formula is C23H30O7. The second-order valence-corrected chi connectivity index (χ2v) is 8.76. The number of fused-ring (bicyclic) bond motifs is 1. The van der Waals surface area contributed by atoms with Gasteiger partial charge in [-0.3, -0.25) is 14.4 Å². The first kappa shape index (κ1) is 22.3. The van der Waals surface area contributed by atoms with E-state index < -0.39 is 11.9 Å². The van der Waals surface area contributed by atoms with E-state index in [9.17, 15) is 14.4 Å². The molecule has 2 aliphatic rings. The van der Waals surface area contributed by atoms with E-state index in [1.807, 2.05) is 0 Å². The first-order valence-corrected chi connectivity index (χ1v) is 10.3. The van der Waals surface area contributed by atoms with Gasteiger partial charge in [0.15, 0.2) is 11.5 Å². The van der Waals surface area contributed by atoms with Crippen molar-refractivity contribution in [1.29, 1.82) is 0 Å². The average molecular weight is 418 g/mol. The summed E-state index contributed by atoms with van der Waals surface area (Å²) in [7, 11) is 1.50. The molecule has 0 amide bonds. The number of Topliss-reactive ketones (excluding diaryl/α,β-unsaturated/α-hetero) is 1. The quantitative estimate of drug-likeness (QED) is 0.298. The molecule has 1 aliphatic carbocycles. The maximum Gasteiger partial charge on any atom is 0.308 e. The van der Waals surface area contributed by atoms with Crippen molar-refractivity contribution in [2.45, 2.75) is 72.0 Å². The number of carbonyl (C=O) groups excluding carboxylic acids is 3. The number of hydrogen-bond acceptors (Lipinski definition) is 7. The second-order valence-electron chi connectivity index (χ2n) is 8.76. The van der Waals surface area contributed by atoms with Crippen molar-refractivity contribution in [3.05, 3.63) is 17.2 Å². The van der Waals surface area contributed by atoms with Crippen molar-refractivity contribution in [2.24, 2.45) is 11.8 Å². The molecule has 1 saturated heterocycles. The van der Waals surface area contributed by atoms with E-state index in [2.05, 4.69) is 20.8 Å². The molecule has 3 rings (SSSR count). The van der Waals surface area contributed by atoms with Crippen LogP contribution in [0.25, 0.3) is 0 Å². The third-order valence-corrected chi connectivity index (χ3v) is 6.21. The van der Waals surface area contributed by atoms with Crippen LogP contribution in [0.3, 0.4) is 0 Å². The van der Waals surface area contributed by atoms with Crippen LogP contribution in [-0.2, 0) is 14.3 Å². The number of ketones is 1. The molecule has 7 nitrogen and oxygen atoms in total. The van der Waals surface area contributed by atoms with Crippen molar-refractivity contribution in [1.82, 2.24) is 0 Å². The Kier molecular flexibility index (Phi) is 5.96. The Hall–Kier alpha value is -2.41. The zero-order chi connectivity index (χ0) is 22.4. The highest BCUT2D eigenvalue weighted by Gasteiger charge is 2.62. The third-order valence-electron chi connectivity index (χ3n) is 6.21. The SMILES string of the molecule is COc1cc(OC(C)=O)c(C(C)=O)c(OC(C)=O)c1[C@@H]1[C@@H](C(C)C)CC[C@]2(C)O[C@H]12. The number of epoxide rings is 1. The zero-order valence-corrected chi connectivity index (χ0v) is 18.7. The van der Waals surface area contributed by atoms with Crippen LogP contribution in [0.15, 0.2) is 6.07 Å². The monoisotopic (exact) mass is 418 g/mol. The topological polar surface area (TPSA) is 91.4 Å². The summed E-state index contributed by atoms with van der Waals surface area (Å²) in [4.78, 5) is 36.3. The van der Waals surface area contributed by atoms with Crippen molar-refractivity contribution in [3.8, 4) is 17.2 Å². The molecule has 2 fully saturated rings. The maximum absolute atomic E-state index is 12.6. The predicted molar refractivity (Wildman–Crippen MR) is 109 cm³/mol. The molecule has 1 aromatic rings. The van der Waals surface area contributed by atoms with Gasteiger partial charge in [-0.25, -0.2) is 0 Å². The molecule has 0 unspecified atom stereocenters. The summed E-state index contributed by atoms with van der Waals surface area (Å²) < 4.78 is 22.6. The van der Waals surface area contributed by atoms with Crippen molar-refractivity contribution >= 4 is 17.7 Å². The maximum atomic E-state index is 12.6. The Morgan fingerprint density at radius 3 is 2.23 bits per heavy atom. The van der Waals surface area contributed by atoms with Crippen molar-refractivity contribution < 1.29 is 33.3 Å². The molecule has 164 valence electrons. The van der Waals surface area contributed by atoms with Gasteiger partial charge in [0.05, 0.1) is 18.8 Å². The normalized spacial score (nSPS) is 27.3. The van der Waals surface area contributed by atoms with Gasteiger partial charge in [-0.15, -0.1) is 0 Å². The molecule has 0 spiro atoms. The Bertz CT molecular complexity index is 888. The van der Waals surface area contributed by atoms with Crippen LogP contribution >= 0.6 is 0 Å². The van der Waals surface area contributed by atoms with E-state index in [-0.39, 0.29) is 46.4 Å². The average Bonchev–Trinajstić information content (AvgIpc) is 3.31. The fourth-order valence-corrected chi connectivity index (χ4v) is 4.81. The Morgan fingerprint density at radius 2 is 1.73 bits per heavy atom. The largest absolute Gasteiger partial charge is 0.496 e. The van der Waals surface area contributed by atoms with E-state index >= 15 is 0 Å². The lowest BCUT2D eigenvalue weighted by molar-refractivity contribution is -0.132. The van der Waals surface area contributed by atoms with Crippen LogP contribution in [-0.4, -0.2) is 36.5 Å². The smallest absolute Gasteiger partial charge is 0.308 e. The molecule has 4 atom stereocenters. The second kappa shape index (κ2) is 8.02. The van der Waals surface area contributed by atoms with Gasteiger partial charge >= 0.3 is 11.9 Å². The van der Waals surface area contributed by atoms with Crippen LogP contribution < -0.4 is 14.2 Å². The van der Waals surface area contributed by atoms with Crippen LogP contribution in [0.1, 0.15) is 76.2 Å². The Morgan fingerprint density at radius 1 is 1.10 bits per heavy atom. The lowest BCUT2D eigenvalue weighted by Crippen LogP contribution is -2.33. The van der Waals surface area contributed by atoms with Crippen LogP contribution in [0.5, 0.6) is 17.2 Å². The highest BCUT2D eigenvalue weighted by atomic mass is 16.6. The molecule has 1 aromatic carbocycles. The Balaban J connectivity index is 2.31. The van der Waals surface area contributed by atoms with E-state index in [0.717, 1.165) is 12.8 Å². The summed E-state index contributed by atoms with van der Waals surface area (Å²) in [5.74, 6) is -0.553. The third kappa shape index (κ3) is 3.95. The number of hydrogen-bond donors (Lipinski definition) is 0. The highest BCUT2D eigenvalue weighted by molar-refractivity contribution is 6.02. The van der Waals surface area contributed by atoms with Gasteiger partial charge in [0.25, 0.3) is 0 Å². The molecule has 1 heterocycles. The van der Waals surface area contributed by atoms with Gasteiger partial charge in [0.2, 0.25) is 0 Å². The van der Waals surface area contributed by atoms with Gasteiger partial charge in [-0.1, -0.05) is 13.8 Å². The fraction of sp³-hybridized carbons (Fsp3) is 0.609. The summed E-state index contributed by atoms with van der Waals surface area (Å²) in [6.07, 6.45) is 1.83. The summed E-state index contributed by atoms with van der Waals surface area (Å²) in [5, 5.41) is 0. The van der Waals surface area contributed by atoms with Gasteiger partial charge in [0, 0.05) is 31.4 Å². The molecule has 1 aliphatic heterocycles. The molecule has 7 heteroatoms. The van der Waals surface area contributed by atoms with Crippen LogP contribution in [0, 0.1) is 11.8 Å². The lowest BCUT2D eigenvalue weighted by Gasteiger charge is -2.36. The first-order valence-electron chi connectivity index (χ1n) is 10.3. The van der Waals surface area contributed by atoms with Crippen molar-refractivity contribution in [2.75, 3.05) is 7.11 Å². The van der Waals surface area contributed by atoms with Crippen LogP contribution in [0.4, 0.5) is 0 Å². The summed E-state index contributed by atoms with van der Waals surface area (Å²) >= 11 is 0. The fourth-order valence-electron chi connectivity index (χ4n) is 4.81. The van der Waals surface area contributed by atoms with E-state index in [1.54, 1.807) is 0 Å². The summed E-state index contributed by atoms with van der Waals surface area (Å²) in [6, 6.07) is 1.53. The number of ether oxygens (including phenoxy) is 4. The molecule has 0 bridgehead atoms. The van der Waals surface area contributed by atoms with Crippen LogP contribution in [0.2, 0.25) is 0 Å². The predicted octanol–water partition coefficient (Wildman–Crippen LogP) is 4.06. The number of carbonyl (C=O) groups is 3. The standard InChI is InChI=1S/C23H30O7/c1-11(2)15-8-9-23(6)22(30-23)19(15)20-16(27-7)10-17(28-13(4)25)18(12(3)24)21(20)29-14(5)26/h10-11,15,19,22H,8-9H2,1-7H3/t15-,19+,22-,23+/m1/s1. The molecule has 0 N–H and O–H groups in total. The first-order chi connectivity index (χ1) is 14.0. The van der Waals surface area contributed by atoms with Crippen molar-refractivity contribution in [3.63, 3.8) is 0 Å². The minimum atomic E-state index is -0.586. The van der Waals surface area contributed by atoms with Gasteiger partial charge in [-0.05, 0) is 38.5 Å². The van der Waals surface area contributed by atoms with E-state index in [4.69, 9.17) is 18.9 Å². The van der Waals surface area contributed by atoms with E-state index in [0.29, 0.717) is 17.2 Å². The minimum Gasteiger partial charge on any atom is -0.496 e. The molecule has 30 heavy (non-hydrogen) atoms. The highest BCUT2D eigenvalue weighted by Crippen LogP contribution is 2.61. The molecular weight excluding hydrogens is 388 g/mol. The molecule has 0 aromatic heterocycles. The van der Waals surface area contributed by atoms with Gasteiger partial charge < -0.3 is 18.9 Å². The molecule has 0 radical (unpaired) electrons. The summed E-state index contributed by atoms with van der Waals surface area (Å²) in [6.45, 7) is 10.3. The Labute approximate surface area is 177 Å². The van der Waals surface area contributed by atoms with E-state index in [1.165, 1.54) is 33.9 Å². The lowest BCUT2D eigenvalue weighted by atomic mass is 9.67. The number of rotatable bonds is 6. The number of benzene rings is 1. The zero-order valence-electron chi connectivity index (χ0n) is 18.7. The van der Waals surface area contributed by atoms with Gasteiger partial charge in [0.1, 0.15) is 17.1 Å². The number of esters is 2. The summed E-state index contributed by atoms with van der Waals surface area (Å²) in [5.41, 5.74) is 0.451.